The van der Waals surface area contributed by atoms with E-state index in [0.29, 0.717) is 41.1 Å². The highest BCUT2D eigenvalue weighted by molar-refractivity contribution is 6.42. The molecule has 3 aromatic carbocycles. The largest absolute Gasteiger partial charge is 0.496 e. The van der Waals surface area contributed by atoms with Gasteiger partial charge in [0.05, 0.1) is 17.2 Å². The van der Waals surface area contributed by atoms with Gasteiger partial charge in [-0.05, 0) is 66.9 Å². The lowest BCUT2D eigenvalue weighted by Crippen LogP contribution is -2.48. The van der Waals surface area contributed by atoms with Crippen molar-refractivity contribution in [2.45, 2.75) is 27.0 Å². The van der Waals surface area contributed by atoms with E-state index in [1.807, 2.05) is 67.3 Å². The van der Waals surface area contributed by atoms with Gasteiger partial charge in [-0.2, -0.15) is 0 Å². The molecule has 3 aromatic rings. The fraction of sp³-hybridized carbons (Fsp3) is 0.321. The number of carbonyl (C=O) groups is 1. The molecule has 0 N–H and O–H groups in total. The van der Waals surface area contributed by atoms with Gasteiger partial charge in [-0.3, -0.25) is 9.69 Å². The van der Waals surface area contributed by atoms with E-state index in [4.69, 9.17) is 32.7 Å². The number of hydrogen-bond acceptors (Lipinski definition) is 4. The second kappa shape index (κ2) is 11.3. The van der Waals surface area contributed by atoms with Gasteiger partial charge in [0.2, 0.25) is 0 Å². The average Bonchev–Trinajstić information content (AvgIpc) is 2.86. The maximum atomic E-state index is 13.3. The molecule has 1 saturated heterocycles. The van der Waals surface area contributed by atoms with Gasteiger partial charge in [0.15, 0.2) is 0 Å². The maximum absolute atomic E-state index is 13.3. The summed E-state index contributed by atoms with van der Waals surface area (Å²) in [6.07, 6.45) is 0. The lowest BCUT2D eigenvalue weighted by molar-refractivity contribution is 0.0628. The van der Waals surface area contributed by atoms with Crippen LogP contribution in [0.15, 0.2) is 54.6 Å². The van der Waals surface area contributed by atoms with Crippen LogP contribution >= 0.6 is 23.2 Å². The van der Waals surface area contributed by atoms with Gasteiger partial charge >= 0.3 is 0 Å². The van der Waals surface area contributed by atoms with Gasteiger partial charge in [-0.15, -0.1) is 0 Å². The fourth-order valence-electron chi connectivity index (χ4n) is 4.23. The predicted molar refractivity (Wildman–Crippen MR) is 141 cm³/mol. The third kappa shape index (κ3) is 6.29. The number of piperazine rings is 1. The minimum Gasteiger partial charge on any atom is -0.496 e. The number of halogens is 2. The summed E-state index contributed by atoms with van der Waals surface area (Å²) in [5, 5.41) is 1.12. The molecular weight excluding hydrogens is 483 g/mol. The Morgan fingerprint density at radius 2 is 1.66 bits per heavy atom. The molecule has 0 aliphatic carbocycles. The number of hydrogen-bond donors (Lipinski definition) is 0. The van der Waals surface area contributed by atoms with Crippen molar-refractivity contribution in [3.63, 3.8) is 0 Å². The molecule has 5 nitrogen and oxygen atoms in total. The highest BCUT2D eigenvalue weighted by Crippen LogP contribution is 2.26. The van der Waals surface area contributed by atoms with Crippen molar-refractivity contribution >= 4 is 29.1 Å². The van der Waals surface area contributed by atoms with Crippen LogP contribution < -0.4 is 9.47 Å². The Hall–Kier alpha value is -2.73. The maximum Gasteiger partial charge on any atom is 0.253 e. The Bertz CT molecular complexity index is 1210. The van der Waals surface area contributed by atoms with Gasteiger partial charge < -0.3 is 14.4 Å². The van der Waals surface area contributed by atoms with Crippen LogP contribution in [0.2, 0.25) is 10.0 Å². The molecule has 0 aromatic heterocycles. The Balaban J connectivity index is 1.39. The molecule has 7 heteroatoms. The van der Waals surface area contributed by atoms with E-state index in [2.05, 4.69) is 11.0 Å². The van der Waals surface area contributed by atoms with Crippen molar-refractivity contribution < 1.29 is 14.3 Å². The predicted octanol–water partition coefficient (Wildman–Crippen LogP) is 6.16. The molecule has 1 aliphatic heterocycles. The monoisotopic (exact) mass is 512 g/mol. The number of aryl methyl sites for hydroxylation is 2. The minimum atomic E-state index is 0.0230. The summed E-state index contributed by atoms with van der Waals surface area (Å²) in [5.74, 6) is 1.56. The molecule has 0 spiro atoms. The lowest BCUT2D eigenvalue weighted by atomic mass is 10.1. The molecule has 35 heavy (non-hydrogen) atoms. The molecular formula is C28H30Cl2N2O3. The minimum absolute atomic E-state index is 0.0230. The first kappa shape index (κ1) is 25.4. The zero-order chi connectivity index (χ0) is 24.9. The molecule has 0 saturated carbocycles. The normalized spacial score (nSPS) is 14.1. The molecule has 4 rings (SSSR count). The molecule has 1 heterocycles. The molecule has 1 aliphatic rings. The number of carbonyl (C=O) groups excluding carboxylic acids is 1. The average molecular weight is 513 g/mol. The molecule has 0 bridgehead atoms. The van der Waals surface area contributed by atoms with Crippen molar-refractivity contribution in [2.24, 2.45) is 0 Å². The number of ether oxygens (including phenoxy) is 2. The van der Waals surface area contributed by atoms with Gasteiger partial charge in [0.25, 0.3) is 5.91 Å². The van der Waals surface area contributed by atoms with E-state index >= 15 is 0 Å². The number of amides is 1. The zero-order valence-electron chi connectivity index (χ0n) is 20.3. The van der Waals surface area contributed by atoms with E-state index in [1.54, 1.807) is 7.11 Å². The standard InChI is InChI=1S/C28H30Cl2N2O3/c1-19-4-5-20(2)27(14-19)35-18-23-16-22(7-9-26(23)34-3)28(33)32-12-10-31(11-13-32)17-21-6-8-24(29)25(30)15-21/h4-9,14-16H,10-13,17-18H2,1-3H3. The van der Waals surface area contributed by atoms with Crippen LogP contribution in [-0.4, -0.2) is 49.0 Å². The summed E-state index contributed by atoms with van der Waals surface area (Å²) in [6, 6.07) is 17.4. The Morgan fingerprint density at radius 1 is 0.886 bits per heavy atom. The van der Waals surface area contributed by atoms with Gasteiger partial charge in [-0.25, -0.2) is 0 Å². The van der Waals surface area contributed by atoms with Gasteiger partial charge in [-0.1, -0.05) is 41.4 Å². The van der Waals surface area contributed by atoms with Crippen molar-refractivity contribution in [1.29, 1.82) is 0 Å². The molecule has 1 amide bonds. The van der Waals surface area contributed by atoms with Crippen LogP contribution in [0.3, 0.4) is 0 Å². The highest BCUT2D eigenvalue weighted by atomic mass is 35.5. The number of nitrogens with zero attached hydrogens (tertiary/aromatic N) is 2. The lowest BCUT2D eigenvalue weighted by Gasteiger charge is -2.35. The molecule has 184 valence electrons. The van der Waals surface area contributed by atoms with Crippen LogP contribution in [0.4, 0.5) is 0 Å². The number of benzene rings is 3. The first-order chi connectivity index (χ1) is 16.8. The number of rotatable bonds is 7. The third-order valence-electron chi connectivity index (χ3n) is 6.30. The Labute approximate surface area is 217 Å². The first-order valence-electron chi connectivity index (χ1n) is 11.7. The van der Waals surface area contributed by atoms with Crippen LogP contribution in [0, 0.1) is 13.8 Å². The third-order valence-corrected chi connectivity index (χ3v) is 7.04. The summed E-state index contributed by atoms with van der Waals surface area (Å²) < 4.78 is 11.6. The van der Waals surface area contributed by atoms with E-state index in [1.165, 1.54) is 0 Å². The second-order valence-electron chi connectivity index (χ2n) is 8.90. The molecule has 1 fully saturated rings. The van der Waals surface area contributed by atoms with Crippen molar-refractivity contribution in [1.82, 2.24) is 9.80 Å². The summed E-state index contributed by atoms with van der Waals surface area (Å²) in [4.78, 5) is 17.5. The summed E-state index contributed by atoms with van der Waals surface area (Å²) in [5.41, 5.74) is 4.81. The van der Waals surface area contributed by atoms with E-state index in [9.17, 15) is 4.79 Å². The second-order valence-corrected chi connectivity index (χ2v) is 9.72. The topological polar surface area (TPSA) is 42.0 Å². The Kier molecular flexibility index (Phi) is 8.22. The fourth-order valence-corrected chi connectivity index (χ4v) is 4.55. The summed E-state index contributed by atoms with van der Waals surface area (Å²) in [7, 11) is 1.63. The van der Waals surface area contributed by atoms with Crippen molar-refractivity contribution in [2.75, 3.05) is 33.3 Å². The van der Waals surface area contributed by atoms with E-state index < -0.39 is 0 Å². The quantitative estimate of drug-likeness (QED) is 0.380. The first-order valence-corrected chi connectivity index (χ1v) is 12.4. The Morgan fingerprint density at radius 3 is 2.37 bits per heavy atom. The van der Waals surface area contributed by atoms with Crippen LogP contribution in [0.25, 0.3) is 0 Å². The van der Waals surface area contributed by atoms with Crippen LogP contribution in [-0.2, 0) is 13.2 Å². The molecule has 0 radical (unpaired) electrons. The van der Waals surface area contributed by atoms with Crippen molar-refractivity contribution in [3.8, 4) is 11.5 Å². The summed E-state index contributed by atoms with van der Waals surface area (Å²) >= 11 is 12.2. The SMILES string of the molecule is COc1ccc(C(=O)N2CCN(Cc3ccc(Cl)c(Cl)c3)CC2)cc1COc1cc(C)ccc1C. The molecule has 0 atom stereocenters. The zero-order valence-corrected chi connectivity index (χ0v) is 21.8. The van der Waals surface area contributed by atoms with Crippen molar-refractivity contribution in [3.05, 3.63) is 92.5 Å². The molecule has 0 unspecified atom stereocenters. The highest BCUT2D eigenvalue weighted by Gasteiger charge is 2.23. The smallest absolute Gasteiger partial charge is 0.253 e. The van der Waals surface area contributed by atoms with Gasteiger partial charge in [0, 0.05) is 43.9 Å². The van der Waals surface area contributed by atoms with E-state index in [0.717, 1.165) is 47.6 Å². The van der Waals surface area contributed by atoms with E-state index in [-0.39, 0.29) is 5.91 Å². The number of methoxy groups -OCH3 is 1. The van der Waals surface area contributed by atoms with Crippen LogP contribution in [0.5, 0.6) is 11.5 Å². The van der Waals surface area contributed by atoms with Crippen LogP contribution in [0.1, 0.15) is 32.6 Å². The van der Waals surface area contributed by atoms with Gasteiger partial charge in [0.1, 0.15) is 18.1 Å². The summed E-state index contributed by atoms with van der Waals surface area (Å²) in [6.45, 7) is 8.09.